The van der Waals surface area contributed by atoms with Gasteiger partial charge in [0.15, 0.2) is 0 Å². The van der Waals surface area contributed by atoms with Gasteiger partial charge in [0.2, 0.25) is 10.0 Å². The maximum Gasteiger partial charge on any atom is 0.243 e. The van der Waals surface area contributed by atoms with E-state index in [0.29, 0.717) is 11.4 Å². The molecule has 3 rings (SSSR count). The highest BCUT2D eigenvalue weighted by atomic mass is 32.2. The van der Waals surface area contributed by atoms with Gasteiger partial charge in [-0.05, 0) is 55.3 Å². The molecule has 0 aliphatic rings. The largest absolute Gasteiger partial charge is 0.309 e. The van der Waals surface area contributed by atoms with Crippen LogP contribution < -0.4 is 5.32 Å². The number of nitrogens with one attached hydrogen (secondary N) is 1. The second-order valence-corrected chi connectivity index (χ2v) is 8.98. The van der Waals surface area contributed by atoms with E-state index >= 15 is 0 Å². The van der Waals surface area contributed by atoms with Crippen LogP contribution in [0, 0.1) is 0 Å². The zero-order valence-electron chi connectivity index (χ0n) is 16.4. The Hall–Kier alpha value is -2.48. The van der Waals surface area contributed by atoms with Crippen molar-refractivity contribution >= 4 is 10.0 Å². The molecule has 2 aromatic carbocycles. The first-order chi connectivity index (χ1) is 13.4. The molecular formula is C21H26N4O2S. The fourth-order valence-corrected chi connectivity index (χ4v) is 4.13. The summed E-state index contributed by atoms with van der Waals surface area (Å²) in [6.45, 7) is 5.12. The maximum atomic E-state index is 12.5. The summed E-state index contributed by atoms with van der Waals surface area (Å²) in [5.74, 6) is 0. The summed E-state index contributed by atoms with van der Waals surface area (Å²) < 4.78 is 28.2. The average Bonchev–Trinajstić information content (AvgIpc) is 3.23. The van der Waals surface area contributed by atoms with Crippen LogP contribution in [0.4, 0.5) is 0 Å². The molecule has 0 saturated heterocycles. The summed E-state index contributed by atoms with van der Waals surface area (Å²) in [5.41, 5.74) is 3.24. The Balaban J connectivity index is 1.55. The van der Waals surface area contributed by atoms with Crippen LogP contribution in [0.2, 0.25) is 0 Å². The van der Waals surface area contributed by atoms with E-state index in [4.69, 9.17) is 0 Å². The highest BCUT2D eigenvalue weighted by Crippen LogP contribution is 2.17. The summed E-state index contributed by atoms with van der Waals surface area (Å²) in [7, 11) is -1.83. The number of rotatable bonds is 8. The van der Waals surface area contributed by atoms with Gasteiger partial charge < -0.3 is 5.32 Å². The molecule has 28 heavy (non-hydrogen) atoms. The lowest BCUT2D eigenvalue weighted by atomic mass is 10.2. The van der Waals surface area contributed by atoms with Crippen LogP contribution in [0.25, 0.3) is 5.69 Å². The van der Waals surface area contributed by atoms with E-state index in [2.05, 4.69) is 22.5 Å². The molecule has 1 aromatic heterocycles. The molecule has 0 bridgehead atoms. The number of hydrogen-bond acceptors (Lipinski definition) is 4. The predicted molar refractivity (Wildman–Crippen MR) is 111 cm³/mol. The van der Waals surface area contributed by atoms with Crippen molar-refractivity contribution in [2.24, 2.45) is 0 Å². The van der Waals surface area contributed by atoms with Crippen molar-refractivity contribution in [3.05, 3.63) is 78.1 Å². The van der Waals surface area contributed by atoms with Gasteiger partial charge in [-0.3, -0.25) is 0 Å². The second kappa shape index (κ2) is 8.68. The fraction of sp³-hybridized carbons (Fsp3) is 0.286. The second-order valence-electron chi connectivity index (χ2n) is 6.98. The lowest BCUT2D eigenvalue weighted by Crippen LogP contribution is -2.33. The molecular weight excluding hydrogens is 372 g/mol. The maximum absolute atomic E-state index is 12.5. The van der Waals surface area contributed by atoms with Crippen molar-refractivity contribution in [1.29, 1.82) is 0 Å². The van der Waals surface area contributed by atoms with Crippen molar-refractivity contribution in [1.82, 2.24) is 19.4 Å². The molecule has 0 saturated carbocycles. The molecule has 1 heterocycles. The van der Waals surface area contributed by atoms with Crippen molar-refractivity contribution in [3.8, 4) is 5.69 Å². The van der Waals surface area contributed by atoms with E-state index in [1.54, 1.807) is 25.4 Å². The molecule has 0 aliphatic heterocycles. The van der Waals surface area contributed by atoms with E-state index < -0.39 is 10.0 Å². The van der Waals surface area contributed by atoms with Crippen LogP contribution in [-0.2, 0) is 23.1 Å². The van der Waals surface area contributed by atoms with Crippen LogP contribution in [0.15, 0.2) is 71.9 Å². The highest BCUT2D eigenvalue weighted by Gasteiger charge is 2.22. The van der Waals surface area contributed by atoms with E-state index in [-0.39, 0.29) is 6.04 Å². The topological polar surface area (TPSA) is 67.2 Å². The monoisotopic (exact) mass is 398 g/mol. The molecule has 148 valence electrons. The predicted octanol–water partition coefficient (Wildman–Crippen LogP) is 3.19. The highest BCUT2D eigenvalue weighted by molar-refractivity contribution is 7.89. The fourth-order valence-electron chi connectivity index (χ4n) is 2.76. The molecule has 0 unspecified atom stereocenters. The van der Waals surface area contributed by atoms with E-state index in [9.17, 15) is 8.42 Å². The Bertz CT molecular complexity index is 980. The number of hydrogen-bond donors (Lipinski definition) is 1. The van der Waals surface area contributed by atoms with Gasteiger partial charge >= 0.3 is 0 Å². The standard InChI is InChI=1S/C21H26N4O2S/c1-17(2)24(3)28(26,27)21-11-7-19(8-12-21)16-22-15-18-5-9-20(10-6-18)25-14-4-13-23-25/h4-14,17,22H,15-16H2,1-3H3. The number of benzene rings is 2. The zero-order chi connectivity index (χ0) is 20.1. The van der Waals surface area contributed by atoms with Crippen LogP contribution >= 0.6 is 0 Å². The van der Waals surface area contributed by atoms with Gasteiger partial charge in [0.25, 0.3) is 0 Å². The normalized spacial score (nSPS) is 12.0. The Kier molecular flexibility index (Phi) is 6.28. The van der Waals surface area contributed by atoms with Gasteiger partial charge in [0.05, 0.1) is 10.6 Å². The zero-order valence-corrected chi connectivity index (χ0v) is 17.2. The van der Waals surface area contributed by atoms with Gasteiger partial charge in [-0.15, -0.1) is 0 Å². The number of aromatic nitrogens is 2. The van der Waals surface area contributed by atoms with Gasteiger partial charge in [-0.1, -0.05) is 24.3 Å². The van der Waals surface area contributed by atoms with Crippen LogP contribution in [0.1, 0.15) is 25.0 Å². The minimum absolute atomic E-state index is 0.0778. The molecule has 1 N–H and O–H groups in total. The van der Waals surface area contributed by atoms with Gasteiger partial charge in [-0.2, -0.15) is 9.40 Å². The number of nitrogens with zero attached hydrogens (tertiary/aromatic N) is 3. The van der Waals surface area contributed by atoms with Crippen molar-refractivity contribution in [2.45, 2.75) is 37.9 Å². The number of sulfonamides is 1. The molecule has 6 nitrogen and oxygen atoms in total. The summed E-state index contributed by atoms with van der Waals surface area (Å²) in [5, 5.41) is 7.61. The van der Waals surface area contributed by atoms with Gasteiger partial charge in [0.1, 0.15) is 0 Å². The van der Waals surface area contributed by atoms with Gasteiger partial charge in [0, 0.05) is 38.6 Å². The quantitative estimate of drug-likeness (QED) is 0.633. The van der Waals surface area contributed by atoms with Crippen molar-refractivity contribution in [2.75, 3.05) is 7.05 Å². The Labute approximate surface area is 166 Å². The summed E-state index contributed by atoms with van der Waals surface area (Å²) >= 11 is 0. The molecule has 0 atom stereocenters. The van der Waals surface area contributed by atoms with E-state index in [1.165, 1.54) is 9.87 Å². The van der Waals surface area contributed by atoms with Crippen molar-refractivity contribution < 1.29 is 8.42 Å². The Morgan fingerprint density at radius 2 is 1.57 bits per heavy atom. The summed E-state index contributed by atoms with van der Waals surface area (Å²) in [4.78, 5) is 0.321. The molecule has 0 aliphatic carbocycles. The molecule has 0 spiro atoms. The lowest BCUT2D eigenvalue weighted by molar-refractivity contribution is 0.410. The van der Waals surface area contributed by atoms with E-state index in [0.717, 1.165) is 17.8 Å². The third-order valence-electron chi connectivity index (χ3n) is 4.69. The molecule has 0 radical (unpaired) electrons. The first-order valence-electron chi connectivity index (χ1n) is 9.24. The minimum Gasteiger partial charge on any atom is -0.309 e. The average molecular weight is 399 g/mol. The molecule has 7 heteroatoms. The Morgan fingerprint density at radius 3 is 2.07 bits per heavy atom. The van der Waals surface area contributed by atoms with Crippen LogP contribution in [0.3, 0.4) is 0 Å². The molecule has 0 fully saturated rings. The Morgan fingerprint density at radius 1 is 1.00 bits per heavy atom. The minimum atomic E-state index is -3.44. The third-order valence-corrected chi connectivity index (χ3v) is 6.74. The SMILES string of the molecule is CC(C)N(C)S(=O)(=O)c1ccc(CNCc2ccc(-n3cccn3)cc2)cc1. The molecule has 0 amide bonds. The first-order valence-corrected chi connectivity index (χ1v) is 10.7. The smallest absolute Gasteiger partial charge is 0.243 e. The lowest BCUT2D eigenvalue weighted by Gasteiger charge is -2.21. The first kappa shape index (κ1) is 20.3. The van der Waals surface area contributed by atoms with Gasteiger partial charge in [-0.25, -0.2) is 13.1 Å². The van der Waals surface area contributed by atoms with Crippen molar-refractivity contribution in [3.63, 3.8) is 0 Å². The van der Waals surface area contributed by atoms with Crippen LogP contribution in [0.5, 0.6) is 0 Å². The van der Waals surface area contributed by atoms with E-state index in [1.807, 2.05) is 55.1 Å². The summed E-state index contributed by atoms with van der Waals surface area (Å²) in [6.07, 6.45) is 3.67. The van der Waals surface area contributed by atoms with Crippen LogP contribution in [-0.4, -0.2) is 35.6 Å². The third kappa shape index (κ3) is 4.67. The molecule has 3 aromatic rings. The summed E-state index contributed by atoms with van der Waals surface area (Å²) in [6, 6.07) is 17.1.